The first kappa shape index (κ1) is 14.5. The van der Waals surface area contributed by atoms with E-state index in [1.807, 2.05) is 13.8 Å². The van der Waals surface area contributed by atoms with E-state index < -0.39 is 0 Å². The molecule has 0 aromatic carbocycles. The summed E-state index contributed by atoms with van der Waals surface area (Å²) in [7, 11) is 0. The highest BCUT2D eigenvalue weighted by Crippen LogP contribution is 2.11. The molecule has 0 fully saturated rings. The van der Waals surface area contributed by atoms with Gasteiger partial charge in [0.05, 0.1) is 12.3 Å². The smallest absolute Gasteiger partial charge is 0.230 e. The lowest BCUT2D eigenvalue weighted by Gasteiger charge is -2.12. The van der Waals surface area contributed by atoms with E-state index in [1.54, 1.807) is 11.0 Å². The summed E-state index contributed by atoms with van der Waals surface area (Å²) >= 11 is 1.31. The van der Waals surface area contributed by atoms with Gasteiger partial charge in [0.2, 0.25) is 11.1 Å². The molecule has 1 atom stereocenters. The Morgan fingerprint density at radius 2 is 2.45 bits per heavy atom. The first-order valence-corrected chi connectivity index (χ1v) is 7.31. The minimum absolute atomic E-state index is 0.0110. The van der Waals surface area contributed by atoms with Crippen molar-refractivity contribution in [3.63, 3.8) is 0 Å². The van der Waals surface area contributed by atoms with Crippen molar-refractivity contribution in [3.8, 4) is 0 Å². The van der Waals surface area contributed by atoms with Gasteiger partial charge >= 0.3 is 0 Å². The molecule has 0 spiro atoms. The quantitative estimate of drug-likeness (QED) is 0.710. The zero-order chi connectivity index (χ0) is 14.4. The minimum atomic E-state index is -0.0505. The molecule has 2 rings (SSSR count). The summed E-state index contributed by atoms with van der Waals surface area (Å²) in [6.45, 7) is 4.51. The average Bonchev–Trinajstić information content (AvgIpc) is 3.07. The molecule has 2 aromatic rings. The Kier molecular flexibility index (Phi) is 5.10. The number of carbonyl (C=O) groups excluding carboxylic acids is 1. The van der Waals surface area contributed by atoms with Gasteiger partial charge in [-0.3, -0.25) is 14.6 Å². The maximum absolute atomic E-state index is 11.8. The molecule has 1 amide bonds. The Morgan fingerprint density at radius 1 is 1.60 bits per heavy atom. The van der Waals surface area contributed by atoms with Crippen molar-refractivity contribution < 1.29 is 4.79 Å². The average molecular weight is 295 g/mol. The van der Waals surface area contributed by atoms with Gasteiger partial charge in [0.25, 0.3) is 0 Å². The topological polar surface area (TPSA) is 101 Å². The van der Waals surface area contributed by atoms with Crippen LogP contribution in [0.2, 0.25) is 0 Å². The molecule has 0 radical (unpaired) electrons. The summed E-state index contributed by atoms with van der Waals surface area (Å²) in [4.78, 5) is 19.9. The second kappa shape index (κ2) is 7.04. The van der Waals surface area contributed by atoms with Crippen LogP contribution in [0.3, 0.4) is 0 Å². The standard InChI is InChI=1S/C11H17N7OS/c1-3-9-15-11(17-16-9)20-5-10(19)14-8(2)4-18-7-12-6-13-18/h6-8H,3-5H2,1-2H3,(H,14,19)(H,15,16,17)/t8-/m1/s1. The van der Waals surface area contributed by atoms with Crippen LogP contribution in [0.4, 0.5) is 0 Å². The molecule has 0 unspecified atom stereocenters. The summed E-state index contributed by atoms with van der Waals surface area (Å²) in [5, 5.41) is 14.3. The van der Waals surface area contributed by atoms with E-state index in [1.165, 1.54) is 18.1 Å². The fourth-order valence-electron chi connectivity index (χ4n) is 1.60. The highest BCUT2D eigenvalue weighted by Gasteiger charge is 2.10. The molecule has 2 aromatic heterocycles. The van der Waals surface area contributed by atoms with Gasteiger partial charge in [0.15, 0.2) is 0 Å². The van der Waals surface area contributed by atoms with Gasteiger partial charge in [-0.2, -0.15) is 5.10 Å². The molecule has 2 heterocycles. The third-order valence-corrected chi connectivity index (χ3v) is 3.36. The first-order chi connectivity index (χ1) is 9.67. The second-order valence-corrected chi connectivity index (χ2v) is 5.24. The molecule has 0 bridgehead atoms. The number of aromatic nitrogens is 6. The molecular formula is C11H17N7OS. The molecule has 0 saturated carbocycles. The van der Waals surface area contributed by atoms with E-state index in [9.17, 15) is 4.79 Å². The van der Waals surface area contributed by atoms with Gasteiger partial charge in [0.1, 0.15) is 18.5 Å². The molecule has 0 aliphatic heterocycles. The predicted molar refractivity (Wildman–Crippen MR) is 74.1 cm³/mol. The van der Waals surface area contributed by atoms with Gasteiger partial charge in [-0.1, -0.05) is 18.7 Å². The van der Waals surface area contributed by atoms with Crippen molar-refractivity contribution in [1.29, 1.82) is 0 Å². The van der Waals surface area contributed by atoms with E-state index in [0.717, 1.165) is 12.2 Å². The van der Waals surface area contributed by atoms with Gasteiger partial charge in [0, 0.05) is 12.5 Å². The number of hydrogen-bond acceptors (Lipinski definition) is 6. The Bertz CT molecular complexity index is 539. The van der Waals surface area contributed by atoms with Crippen LogP contribution >= 0.6 is 11.8 Å². The number of nitrogens with one attached hydrogen (secondary N) is 2. The number of aromatic amines is 1. The zero-order valence-electron chi connectivity index (χ0n) is 11.4. The number of rotatable bonds is 7. The number of H-pyrrole nitrogens is 1. The second-order valence-electron chi connectivity index (χ2n) is 4.29. The van der Waals surface area contributed by atoms with Crippen LogP contribution in [0.25, 0.3) is 0 Å². The van der Waals surface area contributed by atoms with Gasteiger partial charge in [-0.05, 0) is 6.92 Å². The van der Waals surface area contributed by atoms with Gasteiger partial charge in [-0.25, -0.2) is 9.97 Å². The van der Waals surface area contributed by atoms with Crippen LogP contribution in [0.15, 0.2) is 17.8 Å². The van der Waals surface area contributed by atoms with Crippen molar-refractivity contribution in [2.24, 2.45) is 0 Å². The summed E-state index contributed by atoms with van der Waals surface area (Å²) in [6.07, 6.45) is 3.89. The molecule has 8 nitrogen and oxygen atoms in total. The third-order valence-electron chi connectivity index (χ3n) is 2.51. The summed E-state index contributed by atoms with van der Waals surface area (Å²) < 4.78 is 1.68. The number of nitrogens with zero attached hydrogens (tertiary/aromatic N) is 5. The predicted octanol–water partition coefficient (Wildman–Crippen LogP) is 0.256. The summed E-state index contributed by atoms with van der Waals surface area (Å²) in [5.41, 5.74) is 0. The lowest BCUT2D eigenvalue weighted by molar-refractivity contribution is -0.119. The molecular weight excluding hydrogens is 278 g/mol. The van der Waals surface area contributed by atoms with Crippen molar-refractivity contribution in [2.75, 3.05) is 5.75 Å². The molecule has 108 valence electrons. The largest absolute Gasteiger partial charge is 0.351 e. The van der Waals surface area contributed by atoms with E-state index in [0.29, 0.717) is 17.5 Å². The monoisotopic (exact) mass is 295 g/mol. The Balaban J connectivity index is 1.72. The van der Waals surface area contributed by atoms with Crippen molar-refractivity contribution in [3.05, 3.63) is 18.5 Å². The van der Waals surface area contributed by atoms with Crippen LogP contribution in [-0.4, -0.2) is 47.6 Å². The molecule has 0 aliphatic rings. The number of carbonyl (C=O) groups is 1. The SMILES string of the molecule is CCc1nc(SCC(=O)N[C@H](C)Cn2cncn2)n[nH]1. The number of aryl methyl sites for hydroxylation is 1. The highest BCUT2D eigenvalue weighted by molar-refractivity contribution is 7.99. The molecule has 0 aliphatic carbocycles. The van der Waals surface area contributed by atoms with Crippen LogP contribution in [0.1, 0.15) is 19.7 Å². The molecule has 0 saturated heterocycles. The van der Waals surface area contributed by atoms with E-state index in [4.69, 9.17) is 0 Å². The van der Waals surface area contributed by atoms with Crippen LogP contribution in [0.5, 0.6) is 0 Å². The van der Waals surface area contributed by atoms with E-state index in [-0.39, 0.29) is 11.9 Å². The molecule has 20 heavy (non-hydrogen) atoms. The van der Waals surface area contributed by atoms with E-state index >= 15 is 0 Å². The first-order valence-electron chi connectivity index (χ1n) is 6.33. The molecule has 2 N–H and O–H groups in total. The summed E-state index contributed by atoms with van der Waals surface area (Å²) in [6, 6.07) is -0.0110. The number of thioether (sulfide) groups is 1. The lowest BCUT2D eigenvalue weighted by Crippen LogP contribution is -2.36. The fraction of sp³-hybridized carbons (Fsp3) is 0.545. The summed E-state index contributed by atoms with van der Waals surface area (Å²) in [5.74, 6) is 1.07. The van der Waals surface area contributed by atoms with Crippen molar-refractivity contribution >= 4 is 17.7 Å². The van der Waals surface area contributed by atoms with Crippen LogP contribution < -0.4 is 5.32 Å². The molecule has 9 heteroatoms. The Labute approximate surface area is 120 Å². The maximum atomic E-state index is 11.8. The fourth-order valence-corrected chi connectivity index (χ4v) is 2.23. The maximum Gasteiger partial charge on any atom is 0.230 e. The van der Waals surface area contributed by atoms with E-state index in [2.05, 4.69) is 30.6 Å². The van der Waals surface area contributed by atoms with Gasteiger partial charge < -0.3 is 5.32 Å². The minimum Gasteiger partial charge on any atom is -0.351 e. The Morgan fingerprint density at radius 3 is 3.10 bits per heavy atom. The Hall–Kier alpha value is -1.90. The van der Waals surface area contributed by atoms with Crippen LogP contribution in [0, 0.1) is 0 Å². The zero-order valence-corrected chi connectivity index (χ0v) is 12.2. The third kappa shape index (κ3) is 4.34. The number of hydrogen-bond donors (Lipinski definition) is 2. The van der Waals surface area contributed by atoms with Crippen molar-refractivity contribution in [2.45, 2.75) is 38.0 Å². The number of amides is 1. The van der Waals surface area contributed by atoms with Gasteiger partial charge in [-0.15, -0.1) is 5.10 Å². The highest BCUT2D eigenvalue weighted by atomic mass is 32.2. The van der Waals surface area contributed by atoms with Crippen LogP contribution in [-0.2, 0) is 17.8 Å². The lowest BCUT2D eigenvalue weighted by atomic mass is 10.3. The normalized spacial score (nSPS) is 12.3. The van der Waals surface area contributed by atoms with Crippen molar-refractivity contribution in [1.82, 2.24) is 35.3 Å².